The Kier molecular flexibility index (Phi) is 4.57. The van der Waals surface area contributed by atoms with E-state index in [1.165, 1.54) is 12.8 Å². The molecule has 3 nitrogen and oxygen atoms in total. The van der Waals surface area contributed by atoms with Gasteiger partial charge >= 0.3 is 0 Å². The average molecular weight is 239 g/mol. The fourth-order valence-corrected chi connectivity index (χ4v) is 3.12. The first-order valence-electron chi connectivity index (χ1n) is 7.10. The Hall–Kier alpha value is -0.410. The lowest BCUT2D eigenvalue weighted by molar-refractivity contribution is -0.123. The molecule has 98 valence electrons. The van der Waals surface area contributed by atoms with Crippen LogP contribution in [-0.2, 0) is 4.79 Å². The van der Waals surface area contributed by atoms with E-state index in [2.05, 4.69) is 11.8 Å². The van der Waals surface area contributed by atoms with Crippen LogP contribution in [0.5, 0.6) is 0 Å². The van der Waals surface area contributed by atoms with E-state index in [-0.39, 0.29) is 12.0 Å². The van der Waals surface area contributed by atoms with Gasteiger partial charge in [0.2, 0.25) is 0 Å². The normalized spacial score (nSPS) is 36.8. The molecule has 0 aromatic carbocycles. The molecule has 3 atom stereocenters. The van der Waals surface area contributed by atoms with Gasteiger partial charge < -0.3 is 10.0 Å². The molecule has 0 radical (unpaired) electrons. The van der Waals surface area contributed by atoms with Crippen LogP contribution in [0.25, 0.3) is 0 Å². The van der Waals surface area contributed by atoms with Crippen molar-refractivity contribution in [1.82, 2.24) is 4.90 Å². The molecule has 17 heavy (non-hydrogen) atoms. The second-order valence-electron chi connectivity index (χ2n) is 5.86. The molecule has 0 aromatic rings. The van der Waals surface area contributed by atoms with Crippen LogP contribution in [0.15, 0.2) is 0 Å². The van der Waals surface area contributed by atoms with Gasteiger partial charge in [0, 0.05) is 32.0 Å². The second-order valence-corrected chi connectivity index (χ2v) is 5.86. The third-order valence-electron chi connectivity index (χ3n) is 4.35. The first kappa shape index (κ1) is 13.0. The summed E-state index contributed by atoms with van der Waals surface area (Å²) in [6, 6.07) is 0. The maximum Gasteiger partial charge on any atom is 0.137 e. The third kappa shape index (κ3) is 3.52. The van der Waals surface area contributed by atoms with E-state index in [4.69, 9.17) is 0 Å². The van der Waals surface area contributed by atoms with Crippen LogP contribution in [0.1, 0.15) is 45.4 Å². The lowest BCUT2D eigenvalue weighted by Gasteiger charge is -2.36. The van der Waals surface area contributed by atoms with Crippen molar-refractivity contribution in [3.05, 3.63) is 0 Å². The molecule has 0 spiro atoms. The van der Waals surface area contributed by atoms with Crippen LogP contribution in [0, 0.1) is 11.8 Å². The summed E-state index contributed by atoms with van der Waals surface area (Å²) in [5, 5.41) is 9.70. The maximum absolute atomic E-state index is 12.0. The molecule has 3 heteroatoms. The smallest absolute Gasteiger partial charge is 0.137 e. The summed E-state index contributed by atoms with van der Waals surface area (Å²) in [5.41, 5.74) is 0. The summed E-state index contributed by atoms with van der Waals surface area (Å²) in [6.45, 7) is 4.93. The van der Waals surface area contributed by atoms with Crippen molar-refractivity contribution in [2.75, 3.05) is 19.6 Å². The molecule has 0 amide bonds. The van der Waals surface area contributed by atoms with Crippen LogP contribution in [0.3, 0.4) is 0 Å². The Morgan fingerprint density at radius 2 is 2.12 bits per heavy atom. The lowest BCUT2D eigenvalue weighted by atomic mass is 9.93. The third-order valence-corrected chi connectivity index (χ3v) is 4.35. The van der Waals surface area contributed by atoms with E-state index in [1.54, 1.807) is 0 Å². The first-order chi connectivity index (χ1) is 8.16. The van der Waals surface area contributed by atoms with Gasteiger partial charge in [-0.25, -0.2) is 0 Å². The van der Waals surface area contributed by atoms with E-state index in [0.29, 0.717) is 11.7 Å². The molecule has 3 unspecified atom stereocenters. The number of likely N-dealkylation sites (tertiary alicyclic amines) is 1. The summed E-state index contributed by atoms with van der Waals surface area (Å²) in [7, 11) is 0. The number of nitrogens with zero attached hydrogens (tertiary/aromatic N) is 1. The highest BCUT2D eigenvalue weighted by Gasteiger charge is 2.28. The zero-order chi connectivity index (χ0) is 12.3. The number of hydrogen-bond acceptors (Lipinski definition) is 3. The van der Waals surface area contributed by atoms with Crippen molar-refractivity contribution in [3.63, 3.8) is 0 Å². The maximum atomic E-state index is 12.0. The highest BCUT2D eigenvalue weighted by molar-refractivity contribution is 5.81. The molecular weight excluding hydrogens is 214 g/mol. The summed E-state index contributed by atoms with van der Waals surface area (Å²) < 4.78 is 0. The van der Waals surface area contributed by atoms with Crippen LogP contribution < -0.4 is 0 Å². The summed E-state index contributed by atoms with van der Waals surface area (Å²) in [4.78, 5) is 14.3. The minimum absolute atomic E-state index is 0.143. The Morgan fingerprint density at radius 3 is 2.88 bits per heavy atom. The van der Waals surface area contributed by atoms with E-state index in [9.17, 15) is 9.90 Å². The number of aliphatic hydroxyl groups is 1. The molecule has 2 fully saturated rings. The van der Waals surface area contributed by atoms with E-state index in [0.717, 1.165) is 45.3 Å². The number of hydrogen-bond donors (Lipinski definition) is 1. The van der Waals surface area contributed by atoms with Gasteiger partial charge in [0.25, 0.3) is 0 Å². The predicted molar refractivity (Wildman–Crippen MR) is 67.8 cm³/mol. The molecule has 1 heterocycles. The Balaban J connectivity index is 1.85. The summed E-state index contributed by atoms with van der Waals surface area (Å²) in [5.74, 6) is 1.09. The fraction of sp³-hybridized carbons (Fsp3) is 0.929. The topological polar surface area (TPSA) is 40.5 Å². The Morgan fingerprint density at radius 1 is 1.29 bits per heavy atom. The lowest BCUT2D eigenvalue weighted by Crippen LogP contribution is -2.44. The monoisotopic (exact) mass is 239 g/mol. The first-order valence-corrected chi connectivity index (χ1v) is 7.10. The fourth-order valence-electron chi connectivity index (χ4n) is 3.12. The highest BCUT2D eigenvalue weighted by atomic mass is 16.3. The standard InChI is InChI=1S/C14H25NO2/c1-11-9-15(8-7-13(11)16)10-12-5-3-2-4-6-14(12)17/h11-13,16H,2-10H2,1H3. The van der Waals surface area contributed by atoms with Crippen molar-refractivity contribution < 1.29 is 9.90 Å². The number of Topliss-reactive ketones (excluding diaryl/α,β-unsaturated/α-hetero) is 1. The van der Waals surface area contributed by atoms with Crippen LogP contribution in [0.4, 0.5) is 0 Å². The van der Waals surface area contributed by atoms with Gasteiger partial charge in [-0.05, 0) is 25.2 Å². The molecular formula is C14H25NO2. The summed E-state index contributed by atoms with van der Waals surface area (Å²) >= 11 is 0. The Bertz CT molecular complexity index is 267. The zero-order valence-corrected chi connectivity index (χ0v) is 10.9. The number of rotatable bonds is 2. The van der Waals surface area contributed by atoms with E-state index in [1.807, 2.05) is 0 Å². The average Bonchev–Trinajstić information content (AvgIpc) is 2.50. The van der Waals surface area contributed by atoms with Gasteiger partial charge in [-0.1, -0.05) is 19.8 Å². The van der Waals surface area contributed by atoms with Crippen molar-refractivity contribution in [2.45, 2.75) is 51.6 Å². The van der Waals surface area contributed by atoms with Crippen molar-refractivity contribution in [1.29, 1.82) is 0 Å². The molecule has 1 N–H and O–H groups in total. The predicted octanol–water partition coefficient (Wildman–Crippen LogP) is 1.84. The van der Waals surface area contributed by atoms with Crippen molar-refractivity contribution in [3.8, 4) is 0 Å². The van der Waals surface area contributed by atoms with Gasteiger partial charge in [-0.15, -0.1) is 0 Å². The number of piperidine rings is 1. The van der Waals surface area contributed by atoms with Crippen molar-refractivity contribution >= 4 is 5.78 Å². The molecule has 0 aromatic heterocycles. The van der Waals surface area contributed by atoms with Gasteiger partial charge in [-0.3, -0.25) is 4.79 Å². The quantitative estimate of drug-likeness (QED) is 0.748. The second kappa shape index (κ2) is 5.96. The minimum atomic E-state index is -0.143. The Labute approximate surface area is 104 Å². The molecule has 2 rings (SSSR count). The number of carbonyl (C=O) groups is 1. The number of aliphatic hydroxyl groups excluding tert-OH is 1. The van der Waals surface area contributed by atoms with Crippen molar-refractivity contribution in [2.24, 2.45) is 11.8 Å². The molecule has 2 aliphatic rings. The van der Waals surface area contributed by atoms with Crippen LogP contribution >= 0.6 is 0 Å². The highest BCUT2D eigenvalue weighted by Crippen LogP contribution is 2.23. The molecule has 0 bridgehead atoms. The number of ketones is 1. The van der Waals surface area contributed by atoms with Gasteiger partial charge in [0.15, 0.2) is 0 Å². The van der Waals surface area contributed by atoms with E-state index < -0.39 is 0 Å². The van der Waals surface area contributed by atoms with Crippen LogP contribution in [-0.4, -0.2) is 41.5 Å². The summed E-state index contributed by atoms with van der Waals surface area (Å²) in [6.07, 6.45) is 6.10. The van der Waals surface area contributed by atoms with E-state index >= 15 is 0 Å². The molecule has 1 aliphatic heterocycles. The van der Waals surface area contributed by atoms with Crippen LogP contribution in [0.2, 0.25) is 0 Å². The molecule has 1 aliphatic carbocycles. The van der Waals surface area contributed by atoms with Gasteiger partial charge in [-0.2, -0.15) is 0 Å². The molecule has 1 saturated heterocycles. The zero-order valence-electron chi connectivity index (χ0n) is 10.9. The minimum Gasteiger partial charge on any atom is -0.393 e. The number of carbonyl (C=O) groups excluding carboxylic acids is 1. The van der Waals surface area contributed by atoms with Gasteiger partial charge in [0.1, 0.15) is 5.78 Å². The molecule has 1 saturated carbocycles. The van der Waals surface area contributed by atoms with Gasteiger partial charge in [0.05, 0.1) is 6.10 Å². The SMILES string of the molecule is CC1CN(CC2CCCCCC2=O)CCC1O. The largest absolute Gasteiger partial charge is 0.393 e.